The first-order chi connectivity index (χ1) is 8.66. The maximum absolute atomic E-state index is 10.5. The average molecular weight is 266 g/mol. The number of rotatable bonds is 5. The molecule has 0 aromatic heterocycles. The van der Waals surface area contributed by atoms with Crippen LogP contribution in [0.4, 0.5) is 5.69 Å². The molecule has 18 heavy (non-hydrogen) atoms. The molecule has 1 N–H and O–H groups in total. The molecule has 0 amide bonds. The molecule has 1 aromatic carbocycles. The van der Waals surface area contributed by atoms with Gasteiger partial charge in [-0.05, 0) is 30.7 Å². The molecule has 4 nitrogen and oxygen atoms in total. The van der Waals surface area contributed by atoms with E-state index in [1.54, 1.807) is 12.1 Å². The topological polar surface area (TPSA) is 55.2 Å². The van der Waals surface area contributed by atoms with Gasteiger partial charge in [0.15, 0.2) is 0 Å². The molecule has 0 saturated carbocycles. The van der Waals surface area contributed by atoms with E-state index in [-0.39, 0.29) is 10.6 Å². The molecule has 0 spiro atoms. The smallest absolute Gasteiger partial charge is 0.269 e. The zero-order valence-electron chi connectivity index (χ0n) is 10.5. The minimum absolute atomic E-state index is 0.160. The van der Waals surface area contributed by atoms with Gasteiger partial charge in [0.25, 0.3) is 5.69 Å². The van der Waals surface area contributed by atoms with Crippen molar-refractivity contribution >= 4 is 17.4 Å². The number of nitrogens with one attached hydrogen (secondary N) is 1. The summed E-state index contributed by atoms with van der Waals surface area (Å²) in [5, 5.41) is 14.8. The highest BCUT2D eigenvalue weighted by Crippen LogP contribution is 2.25. The zero-order chi connectivity index (χ0) is 13.0. The van der Waals surface area contributed by atoms with Gasteiger partial charge in [-0.3, -0.25) is 10.1 Å². The van der Waals surface area contributed by atoms with Gasteiger partial charge < -0.3 is 5.32 Å². The standard InChI is InChI=1S/C13H18N2O2S/c1-10-13(7-9-18-10)14-8-6-11-2-4-12(5-3-11)15(16)17/h2-5,10,13-14H,6-9H2,1H3. The van der Waals surface area contributed by atoms with Crippen LogP contribution >= 0.6 is 11.8 Å². The third-order valence-corrected chi connectivity index (χ3v) is 4.67. The number of hydrogen-bond acceptors (Lipinski definition) is 4. The lowest BCUT2D eigenvalue weighted by atomic mass is 10.1. The first-order valence-electron chi connectivity index (χ1n) is 6.25. The van der Waals surface area contributed by atoms with Gasteiger partial charge in [-0.25, -0.2) is 0 Å². The molecule has 2 unspecified atom stereocenters. The van der Waals surface area contributed by atoms with Crippen molar-refractivity contribution in [3.63, 3.8) is 0 Å². The molecule has 0 radical (unpaired) electrons. The van der Waals surface area contributed by atoms with Gasteiger partial charge in [-0.2, -0.15) is 11.8 Å². The molecule has 0 aliphatic carbocycles. The first-order valence-corrected chi connectivity index (χ1v) is 7.30. The fraction of sp³-hybridized carbons (Fsp3) is 0.538. The highest BCUT2D eigenvalue weighted by molar-refractivity contribution is 8.00. The van der Waals surface area contributed by atoms with Crippen LogP contribution in [0.15, 0.2) is 24.3 Å². The summed E-state index contributed by atoms with van der Waals surface area (Å²) in [6, 6.07) is 7.44. The Bertz CT molecular complexity index is 408. The largest absolute Gasteiger partial charge is 0.313 e. The first kappa shape index (κ1) is 13.4. The van der Waals surface area contributed by atoms with Crippen molar-refractivity contribution in [2.45, 2.75) is 31.1 Å². The molecule has 1 aliphatic heterocycles. The molecule has 98 valence electrons. The SMILES string of the molecule is CC1SCCC1NCCc1ccc([N+](=O)[O-])cc1. The normalized spacial score (nSPS) is 23.2. The van der Waals surface area contributed by atoms with Gasteiger partial charge in [-0.1, -0.05) is 19.1 Å². The van der Waals surface area contributed by atoms with Crippen molar-refractivity contribution in [2.24, 2.45) is 0 Å². The van der Waals surface area contributed by atoms with Crippen LogP contribution in [0.3, 0.4) is 0 Å². The highest BCUT2D eigenvalue weighted by atomic mass is 32.2. The van der Waals surface area contributed by atoms with Crippen molar-refractivity contribution < 1.29 is 4.92 Å². The van der Waals surface area contributed by atoms with Gasteiger partial charge in [0.1, 0.15) is 0 Å². The third-order valence-electron chi connectivity index (χ3n) is 3.34. The predicted molar refractivity (Wildman–Crippen MR) is 75.1 cm³/mol. The number of non-ortho nitro benzene ring substituents is 1. The van der Waals surface area contributed by atoms with Crippen LogP contribution in [-0.2, 0) is 6.42 Å². The van der Waals surface area contributed by atoms with E-state index in [0.717, 1.165) is 18.5 Å². The molecule has 5 heteroatoms. The summed E-state index contributed by atoms with van der Waals surface area (Å²) >= 11 is 2.02. The molecule has 1 saturated heterocycles. The highest BCUT2D eigenvalue weighted by Gasteiger charge is 2.22. The van der Waals surface area contributed by atoms with Gasteiger partial charge in [0.2, 0.25) is 0 Å². The quantitative estimate of drug-likeness (QED) is 0.657. The van der Waals surface area contributed by atoms with E-state index in [2.05, 4.69) is 12.2 Å². The Morgan fingerprint density at radius 2 is 2.17 bits per heavy atom. The summed E-state index contributed by atoms with van der Waals surface area (Å²) in [5.41, 5.74) is 1.30. The summed E-state index contributed by atoms with van der Waals surface area (Å²) in [5.74, 6) is 1.25. The molecule has 0 bridgehead atoms. The van der Waals surface area contributed by atoms with E-state index in [4.69, 9.17) is 0 Å². The monoisotopic (exact) mass is 266 g/mol. The van der Waals surface area contributed by atoms with E-state index < -0.39 is 0 Å². The minimum atomic E-state index is -0.362. The summed E-state index contributed by atoms with van der Waals surface area (Å²) < 4.78 is 0. The van der Waals surface area contributed by atoms with Crippen LogP contribution in [0.1, 0.15) is 18.9 Å². The Morgan fingerprint density at radius 1 is 1.44 bits per heavy atom. The van der Waals surface area contributed by atoms with Gasteiger partial charge in [-0.15, -0.1) is 0 Å². The number of nitrogens with zero attached hydrogens (tertiary/aromatic N) is 1. The number of nitro groups is 1. The number of nitro benzene ring substituents is 1. The maximum atomic E-state index is 10.5. The number of thioether (sulfide) groups is 1. The second-order valence-electron chi connectivity index (χ2n) is 4.60. The lowest BCUT2D eigenvalue weighted by Crippen LogP contribution is -2.34. The Hall–Kier alpha value is -1.07. The van der Waals surface area contributed by atoms with Crippen molar-refractivity contribution in [1.29, 1.82) is 0 Å². The Morgan fingerprint density at radius 3 is 2.72 bits per heavy atom. The van der Waals surface area contributed by atoms with E-state index in [1.165, 1.54) is 12.2 Å². The fourth-order valence-corrected chi connectivity index (χ4v) is 3.41. The van der Waals surface area contributed by atoms with Gasteiger partial charge in [0.05, 0.1) is 4.92 Å². The molecular formula is C13H18N2O2S. The lowest BCUT2D eigenvalue weighted by molar-refractivity contribution is -0.384. The Labute approximate surface area is 111 Å². The van der Waals surface area contributed by atoms with Gasteiger partial charge in [0, 0.05) is 23.4 Å². The summed E-state index contributed by atoms with van der Waals surface area (Å²) in [6.07, 6.45) is 2.16. The summed E-state index contributed by atoms with van der Waals surface area (Å²) in [7, 11) is 0. The second kappa shape index (κ2) is 6.20. The van der Waals surface area contributed by atoms with Crippen molar-refractivity contribution in [3.05, 3.63) is 39.9 Å². The van der Waals surface area contributed by atoms with Crippen LogP contribution < -0.4 is 5.32 Å². The molecule has 2 atom stereocenters. The number of hydrogen-bond donors (Lipinski definition) is 1. The van der Waals surface area contributed by atoms with Crippen molar-refractivity contribution in [3.8, 4) is 0 Å². The van der Waals surface area contributed by atoms with E-state index >= 15 is 0 Å². The zero-order valence-corrected chi connectivity index (χ0v) is 11.3. The molecule has 1 aliphatic rings. The number of benzene rings is 1. The van der Waals surface area contributed by atoms with Crippen molar-refractivity contribution in [2.75, 3.05) is 12.3 Å². The van der Waals surface area contributed by atoms with Gasteiger partial charge >= 0.3 is 0 Å². The van der Waals surface area contributed by atoms with Crippen molar-refractivity contribution in [1.82, 2.24) is 5.32 Å². The Balaban J connectivity index is 1.78. The third kappa shape index (κ3) is 3.46. The Kier molecular flexibility index (Phi) is 4.60. The molecule has 1 heterocycles. The maximum Gasteiger partial charge on any atom is 0.269 e. The average Bonchev–Trinajstić information content (AvgIpc) is 2.76. The summed E-state index contributed by atoms with van der Waals surface area (Å²) in [6.45, 7) is 3.20. The van der Waals surface area contributed by atoms with E-state index in [1.807, 2.05) is 23.9 Å². The van der Waals surface area contributed by atoms with Crippen LogP contribution in [0.25, 0.3) is 0 Å². The van der Waals surface area contributed by atoms with Crippen LogP contribution in [-0.4, -0.2) is 28.5 Å². The minimum Gasteiger partial charge on any atom is -0.313 e. The second-order valence-corrected chi connectivity index (χ2v) is 6.08. The van der Waals surface area contributed by atoms with Crippen LogP contribution in [0, 0.1) is 10.1 Å². The molecule has 1 fully saturated rings. The molecule has 1 aromatic rings. The van der Waals surface area contributed by atoms with Crippen LogP contribution in [0.2, 0.25) is 0 Å². The molecular weight excluding hydrogens is 248 g/mol. The lowest BCUT2D eigenvalue weighted by Gasteiger charge is -2.16. The predicted octanol–water partition coefficient (Wildman–Crippen LogP) is 2.62. The summed E-state index contributed by atoms with van der Waals surface area (Å²) in [4.78, 5) is 10.2. The van der Waals surface area contributed by atoms with E-state index in [9.17, 15) is 10.1 Å². The fourth-order valence-electron chi connectivity index (χ4n) is 2.19. The van der Waals surface area contributed by atoms with E-state index in [0.29, 0.717) is 11.3 Å². The van der Waals surface area contributed by atoms with Crippen LogP contribution in [0.5, 0.6) is 0 Å². The molecule has 2 rings (SSSR count).